The van der Waals surface area contributed by atoms with Crippen LogP contribution >= 0.6 is 21.8 Å². The van der Waals surface area contributed by atoms with Crippen LogP contribution in [0.3, 0.4) is 0 Å². The summed E-state index contributed by atoms with van der Waals surface area (Å²) in [7, 11) is 4.20. The predicted octanol–water partition coefficient (Wildman–Crippen LogP) is 2.17. The number of anilines is 1. The first-order valence-electron chi connectivity index (χ1n) is 5.80. The molecule has 2 N–H and O–H groups in total. The molecule has 0 atom stereocenters. The molecule has 1 heterocycles. The lowest BCUT2D eigenvalue weighted by Crippen LogP contribution is -2.20. The molecule has 0 aromatic carbocycles. The Hall–Kier alpha value is -1.55. The smallest absolute Gasteiger partial charge is 0.332 e. The normalized spacial score (nSPS) is 10.2. The predicted molar refractivity (Wildman–Crippen MR) is 80.8 cm³/mol. The maximum atomic E-state index is 11.8. The number of carbonyl (C=O) groups excluding carboxylic acids is 1. The van der Waals surface area contributed by atoms with Crippen molar-refractivity contribution in [3.05, 3.63) is 21.6 Å². The Labute approximate surface area is 124 Å². The minimum absolute atomic E-state index is 0.0267. The van der Waals surface area contributed by atoms with E-state index in [1.54, 1.807) is 0 Å². The summed E-state index contributed by atoms with van der Waals surface area (Å²) in [5, 5.41) is 13.5. The third kappa shape index (κ3) is 4.23. The second-order valence-electron chi connectivity index (χ2n) is 3.67. The number of rotatable bonds is 7. The van der Waals surface area contributed by atoms with Crippen molar-refractivity contribution in [2.24, 2.45) is 0 Å². The number of nitrogens with one attached hydrogen (secondary N) is 2. The molecule has 0 radical (unpaired) electrons. The van der Waals surface area contributed by atoms with Gasteiger partial charge in [0.25, 0.3) is 5.91 Å². The first kappa shape index (κ1) is 16.5. The molecule has 0 aliphatic rings. The van der Waals surface area contributed by atoms with Gasteiger partial charge in [0.05, 0.1) is 4.92 Å². The van der Waals surface area contributed by atoms with E-state index in [9.17, 15) is 14.9 Å². The highest BCUT2D eigenvalue weighted by Gasteiger charge is 2.23. The molecule has 0 saturated carbocycles. The van der Waals surface area contributed by atoms with Crippen LogP contribution in [0.1, 0.15) is 29.7 Å². The van der Waals surface area contributed by atoms with E-state index in [0.29, 0.717) is 0 Å². The van der Waals surface area contributed by atoms with Gasteiger partial charge in [-0.25, -0.2) is 4.98 Å². The molecule has 1 aromatic rings. The van der Waals surface area contributed by atoms with Crippen molar-refractivity contribution in [3.8, 4) is 0 Å². The summed E-state index contributed by atoms with van der Waals surface area (Å²) in [4.78, 5) is 29.9. The van der Waals surface area contributed by atoms with Crippen molar-refractivity contribution < 1.29 is 9.72 Å². The molecule has 1 aromatic heterocycles. The second-order valence-corrected chi connectivity index (χ2v) is 5.90. The molecule has 20 heavy (non-hydrogen) atoms. The summed E-state index contributed by atoms with van der Waals surface area (Å²) in [6.45, 7) is 3.51. The Morgan fingerprint density at radius 1 is 1.45 bits per heavy atom. The molecular weight excluding hydrogens is 302 g/mol. The summed E-state index contributed by atoms with van der Waals surface area (Å²) in [5.74, 6) is 0.362. The number of aromatic nitrogens is 2. The lowest BCUT2D eigenvalue weighted by Gasteiger charge is -2.06. The zero-order chi connectivity index (χ0) is 15.1. The Kier molecular flexibility index (Phi) is 6.52. The molecule has 8 nitrogen and oxygen atoms in total. The summed E-state index contributed by atoms with van der Waals surface area (Å²) in [6, 6.07) is 0. The van der Waals surface area contributed by atoms with Gasteiger partial charge in [-0.2, -0.15) is 4.98 Å². The molecule has 1 amide bonds. The first-order chi connectivity index (χ1) is 9.51. The van der Waals surface area contributed by atoms with Gasteiger partial charge >= 0.3 is 5.69 Å². The van der Waals surface area contributed by atoms with E-state index < -0.39 is 10.8 Å². The number of nitrogens with zero attached hydrogens (tertiary/aromatic N) is 3. The Morgan fingerprint density at radius 2 is 2.15 bits per heavy atom. The van der Waals surface area contributed by atoms with Crippen LogP contribution in [0.5, 0.6) is 0 Å². The van der Waals surface area contributed by atoms with E-state index >= 15 is 0 Å². The summed E-state index contributed by atoms with van der Waals surface area (Å²) >= 11 is 0. The van der Waals surface area contributed by atoms with Crippen molar-refractivity contribution in [3.63, 3.8) is 0 Å². The van der Waals surface area contributed by atoms with Crippen LogP contribution in [0, 0.1) is 17.0 Å². The monoisotopic (exact) mass is 317 g/mol. The molecule has 1 rings (SSSR count). The quantitative estimate of drug-likeness (QED) is 0.259. The Bertz CT molecular complexity index is 512. The van der Waals surface area contributed by atoms with Crippen LogP contribution in [0.2, 0.25) is 0 Å². The number of carbonyl (C=O) groups is 1. The van der Waals surface area contributed by atoms with Crippen molar-refractivity contribution in [2.45, 2.75) is 20.3 Å². The van der Waals surface area contributed by atoms with E-state index in [1.807, 2.05) is 6.92 Å². The summed E-state index contributed by atoms with van der Waals surface area (Å²) in [5.41, 5.74) is -0.0808. The van der Waals surface area contributed by atoms with Crippen LogP contribution in [0.25, 0.3) is 0 Å². The molecule has 0 aliphatic carbocycles. The van der Waals surface area contributed by atoms with E-state index in [4.69, 9.17) is 0 Å². The molecule has 0 aliphatic heterocycles. The third-order valence-electron chi connectivity index (χ3n) is 2.16. The number of nitro groups is 1. The topological polar surface area (TPSA) is 110 Å². The largest absolute Gasteiger partial charge is 0.367 e. The maximum absolute atomic E-state index is 11.8. The second kappa shape index (κ2) is 7.90. The van der Waals surface area contributed by atoms with Crippen LogP contribution < -0.4 is 10.0 Å². The van der Waals surface area contributed by atoms with E-state index in [0.717, 1.165) is 12.2 Å². The van der Waals surface area contributed by atoms with Crippen LogP contribution in [-0.4, -0.2) is 33.6 Å². The molecule has 110 valence electrons. The molecular formula is C10H15N5O3S2. The third-order valence-corrected chi connectivity index (χ3v) is 4.23. The minimum atomic E-state index is -0.575. The van der Waals surface area contributed by atoms with Crippen molar-refractivity contribution in [1.29, 1.82) is 0 Å². The Balaban J connectivity index is 2.89. The number of amides is 1. The van der Waals surface area contributed by atoms with Crippen LogP contribution in [0.4, 0.5) is 11.5 Å². The van der Waals surface area contributed by atoms with Crippen molar-refractivity contribution in [1.82, 2.24) is 14.7 Å². The highest BCUT2D eigenvalue weighted by atomic mass is 33.1. The van der Waals surface area contributed by atoms with Gasteiger partial charge in [0.2, 0.25) is 11.6 Å². The van der Waals surface area contributed by atoms with Gasteiger partial charge in [0, 0.05) is 23.8 Å². The SMILES string of the molecule is CCCSSNC(=O)c1nc(C)c([N+](=O)[O-])c(NC)n1. The first-order valence-corrected chi connectivity index (χ1v) is 8.12. The van der Waals surface area contributed by atoms with Crippen LogP contribution in [-0.2, 0) is 0 Å². The maximum Gasteiger partial charge on any atom is 0.332 e. The minimum Gasteiger partial charge on any atom is -0.367 e. The standard InChI is InChI=1S/C10H15N5O3S2/c1-4-5-19-20-14-10(16)9-12-6(2)7(15(17)18)8(11-3)13-9/h4-5H2,1-3H3,(H,14,16)(H,11,12,13). The zero-order valence-electron chi connectivity index (χ0n) is 11.3. The summed E-state index contributed by atoms with van der Waals surface area (Å²) < 4.78 is 2.58. The number of hydrogen-bond acceptors (Lipinski definition) is 8. The molecule has 0 fully saturated rings. The lowest BCUT2D eigenvalue weighted by molar-refractivity contribution is -0.385. The molecule has 0 saturated heterocycles. The fourth-order valence-corrected chi connectivity index (χ4v) is 2.93. The number of hydrogen-bond donors (Lipinski definition) is 2. The van der Waals surface area contributed by atoms with E-state index in [1.165, 1.54) is 35.7 Å². The molecule has 0 spiro atoms. The van der Waals surface area contributed by atoms with Crippen molar-refractivity contribution >= 4 is 39.2 Å². The highest BCUT2D eigenvalue weighted by molar-refractivity contribution is 8.76. The van der Waals surface area contributed by atoms with Gasteiger partial charge in [-0.05, 0) is 13.3 Å². The molecule has 10 heteroatoms. The molecule has 0 unspecified atom stereocenters. The fraction of sp³-hybridized carbons (Fsp3) is 0.500. The highest BCUT2D eigenvalue weighted by Crippen LogP contribution is 2.25. The number of aryl methyl sites for hydroxylation is 1. The van der Waals surface area contributed by atoms with Crippen molar-refractivity contribution in [2.75, 3.05) is 18.1 Å². The van der Waals surface area contributed by atoms with Gasteiger partial charge in [0.15, 0.2) is 0 Å². The summed E-state index contributed by atoms with van der Waals surface area (Å²) in [6.07, 6.45) is 1.00. The average Bonchev–Trinajstić information content (AvgIpc) is 2.41. The van der Waals surface area contributed by atoms with Gasteiger partial charge < -0.3 is 5.32 Å². The van der Waals surface area contributed by atoms with Crippen LogP contribution in [0.15, 0.2) is 0 Å². The van der Waals surface area contributed by atoms with Gasteiger partial charge in [-0.15, -0.1) is 0 Å². The van der Waals surface area contributed by atoms with E-state index in [-0.39, 0.29) is 23.0 Å². The average molecular weight is 317 g/mol. The van der Waals surface area contributed by atoms with Gasteiger partial charge in [0.1, 0.15) is 5.69 Å². The van der Waals surface area contributed by atoms with E-state index in [2.05, 4.69) is 20.0 Å². The van der Waals surface area contributed by atoms with Gasteiger partial charge in [-0.1, -0.05) is 17.7 Å². The molecule has 0 bridgehead atoms. The fourth-order valence-electron chi connectivity index (χ4n) is 1.30. The van der Waals surface area contributed by atoms with Gasteiger partial charge in [-0.3, -0.25) is 19.6 Å². The Morgan fingerprint density at radius 3 is 2.70 bits per heavy atom. The zero-order valence-corrected chi connectivity index (χ0v) is 12.9. The lowest BCUT2D eigenvalue weighted by atomic mass is 10.3.